The molecular weight excluding hydrogens is 214 g/mol. The average molecular weight is 231 g/mol. The highest BCUT2D eigenvalue weighted by molar-refractivity contribution is 5.21. The molecule has 2 rings (SSSR count). The largest absolute Gasteiger partial charge is 0.384 e. The highest BCUT2D eigenvalue weighted by atomic mass is 16.3. The maximum atomic E-state index is 10.5. The summed E-state index contributed by atoms with van der Waals surface area (Å²) in [5, 5.41) is 14.8. The summed E-state index contributed by atoms with van der Waals surface area (Å²) in [5.74, 6) is 1.55. The van der Waals surface area contributed by atoms with Gasteiger partial charge in [0, 0.05) is 0 Å². The Morgan fingerprint density at radius 3 is 2.41 bits per heavy atom. The van der Waals surface area contributed by atoms with Crippen LogP contribution in [0, 0.1) is 13.8 Å². The first-order valence-electron chi connectivity index (χ1n) is 5.65. The fourth-order valence-electron chi connectivity index (χ4n) is 1.89. The Balaban J connectivity index is 2.26. The van der Waals surface area contributed by atoms with Crippen LogP contribution in [-0.4, -0.2) is 19.9 Å². The topological polar surface area (TPSA) is 50.9 Å². The van der Waals surface area contributed by atoms with Gasteiger partial charge in [-0.1, -0.05) is 30.3 Å². The first-order chi connectivity index (χ1) is 7.99. The Hall–Kier alpha value is -1.68. The minimum absolute atomic E-state index is 0.406. The second kappa shape index (κ2) is 4.30. The van der Waals surface area contributed by atoms with Crippen molar-refractivity contribution in [1.82, 2.24) is 14.8 Å². The van der Waals surface area contributed by atoms with Crippen molar-refractivity contribution in [3.05, 3.63) is 47.5 Å². The third kappa shape index (κ3) is 2.53. The van der Waals surface area contributed by atoms with E-state index in [2.05, 4.69) is 10.1 Å². The predicted octanol–water partition coefficient (Wildman–Crippen LogP) is 1.80. The number of aliphatic hydroxyl groups is 1. The van der Waals surface area contributed by atoms with E-state index in [1.54, 1.807) is 11.6 Å². The zero-order chi connectivity index (χ0) is 12.5. The SMILES string of the molecule is Cc1nc(C)n(CC(C)(O)c2ccccc2)n1. The Morgan fingerprint density at radius 2 is 1.88 bits per heavy atom. The standard InChI is InChI=1S/C13H17N3O/c1-10-14-11(2)16(15-10)9-13(3,17)12-7-5-4-6-8-12/h4-8,17H,9H2,1-3H3. The lowest BCUT2D eigenvalue weighted by atomic mass is 9.96. The number of benzene rings is 1. The molecule has 0 amide bonds. The van der Waals surface area contributed by atoms with Gasteiger partial charge in [0.15, 0.2) is 0 Å². The lowest BCUT2D eigenvalue weighted by Crippen LogP contribution is -2.28. The average Bonchev–Trinajstić information content (AvgIpc) is 2.58. The number of hydrogen-bond acceptors (Lipinski definition) is 3. The van der Waals surface area contributed by atoms with Gasteiger partial charge in [0.1, 0.15) is 17.2 Å². The lowest BCUT2D eigenvalue weighted by Gasteiger charge is -2.24. The van der Waals surface area contributed by atoms with Crippen LogP contribution in [0.5, 0.6) is 0 Å². The van der Waals surface area contributed by atoms with Gasteiger partial charge >= 0.3 is 0 Å². The van der Waals surface area contributed by atoms with Crippen molar-refractivity contribution in [2.45, 2.75) is 32.9 Å². The van der Waals surface area contributed by atoms with Crippen LogP contribution in [0.3, 0.4) is 0 Å². The number of nitrogens with zero attached hydrogens (tertiary/aromatic N) is 3. The third-order valence-electron chi connectivity index (χ3n) is 2.82. The zero-order valence-corrected chi connectivity index (χ0v) is 10.4. The maximum Gasteiger partial charge on any atom is 0.147 e. The number of hydrogen-bond donors (Lipinski definition) is 1. The molecule has 4 nitrogen and oxygen atoms in total. The Morgan fingerprint density at radius 1 is 1.24 bits per heavy atom. The summed E-state index contributed by atoms with van der Waals surface area (Å²) in [7, 11) is 0. The molecule has 0 bridgehead atoms. The van der Waals surface area contributed by atoms with Crippen LogP contribution in [0.25, 0.3) is 0 Å². The molecule has 1 N–H and O–H groups in total. The molecule has 0 saturated heterocycles. The number of rotatable bonds is 3. The van der Waals surface area contributed by atoms with Crippen LogP contribution in [0.1, 0.15) is 24.1 Å². The van der Waals surface area contributed by atoms with Crippen molar-refractivity contribution < 1.29 is 5.11 Å². The molecule has 17 heavy (non-hydrogen) atoms. The van der Waals surface area contributed by atoms with Gasteiger partial charge in [0.05, 0.1) is 6.54 Å². The molecule has 1 unspecified atom stereocenters. The van der Waals surface area contributed by atoms with Gasteiger partial charge in [-0.3, -0.25) is 0 Å². The molecule has 0 radical (unpaired) electrons. The molecule has 1 atom stereocenters. The second-order valence-electron chi connectivity index (χ2n) is 4.50. The molecule has 1 aromatic carbocycles. The van der Waals surface area contributed by atoms with E-state index in [0.29, 0.717) is 6.54 Å². The van der Waals surface area contributed by atoms with Gasteiger partial charge < -0.3 is 5.11 Å². The molecular formula is C13H17N3O. The maximum absolute atomic E-state index is 10.5. The molecule has 0 spiro atoms. The van der Waals surface area contributed by atoms with Crippen LogP contribution in [-0.2, 0) is 12.1 Å². The molecule has 0 aliphatic carbocycles. The van der Waals surface area contributed by atoms with Crippen molar-refractivity contribution >= 4 is 0 Å². The Bertz CT molecular complexity index is 503. The van der Waals surface area contributed by atoms with Crippen molar-refractivity contribution in [2.24, 2.45) is 0 Å². The Labute approximate surface area is 101 Å². The van der Waals surface area contributed by atoms with E-state index < -0.39 is 5.60 Å². The summed E-state index contributed by atoms with van der Waals surface area (Å²) in [6.07, 6.45) is 0. The lowest BCUT2D eigenvalue weighted by molar-refractivity contribution is 0.0338. The summed E-state index contributed by atoms with van der Waals surface area (Å²) in [5.41, 5.74) is -0.0563. The zero-order valence-electron chi connectivity index (χ0n) is 10.4. The summed E-state index contributed by atoms with van der Waals surface area (Å²) in [6.45, 7) is 5.93. The van der Waals surface area contributed by atoms with E-state index in [1.807, 2.05) is 44.2 Å². The molecule has 1 aromatic heterocycles. The first kappa shape index (κ1) is 11.8. The van der Waals surface area contributed by atoms with Crippen molar-refractivity contribution in [3.8, 4) is 0 Å². The monoisotopic (exact) mass is 231 g/mol. The van der Waals surface area contributed by atoms with Gasteiger partial charge in [0.25, 0.3) is 0 Å². The number of aromatic nitrogens is 3. The van der Waals surface area contributed by atoms with Gasteiger partial charge in [-0.05, 0) is 26.3 Å². The number of aryl methyl sites for hydroxylation is 2. The highest BCUT2D eigenvalue weighted by Gasteiger charge is 2.24. The van der Waals surface area contributed by atoms with E-state index in [4.69, 9.17) is 0 Å². The molecule has 0 aliphatic heterocycles. The fraction of sp³-hybridized carbons (Fsp3) is 0.385. The summed E-state index contributed by atoms with van der Waals surface area (Å²) >= 11 is 0. The van der Waals surface area contributed by atoms with E-state index in [1.165, 1.54) is 0 Å². The predicted molar refractivity (Wildman–Crippen MR) is 65.5 cm³/mol. The van der Waals surface area contributed by atoms with Gasteiger partial charge in [-0.15, -0.1) is 0 Å². The minimum Gasteiger partial charge on any atom is -0.384 e. The summed E-state index contributed by atoms with van der Waals surface area (Å²) < 4.78 is 1.74. The minimum atomic E-state index is -0.938. The molecule has 4 heteroatoms. The van der Waals surface area contributed by atoms with Gasteiger partial charge in [-0.2, -0.15) is 5.10 Å². The van der Waals surface area contributed by atoms with Crippen LogP contribution >= 0.6 is 0 Å². The first-order valence-corrected chi connectivity index (χ1v) is 5.65. The van der Waals surface area contributed by atoms with Crippen LogP contribution in [0.2, 0.25) is 0 Å². The van der Waals surface area contributed by atoms with E-state index in [0.717, 1.165) is 17.2 Å². The second-order valence-corrected chi connectivity index (χ2v) is 4.50. The normalized spacial score (nSPS) is 14.6. The van der Waals surface area contributed by atoms with Crippen LogP contribution in [0.4, 0.5) is 0 Å². The van der Waals surface area contributed by atoms with E-state index >= 15 is 0 Å². The highest BCUT2D eigenvalue weighted by Crippen LogP contribution is 2.22. The Kier molecular flexibility index (Phi) is 2.98. The van der Waals surface area contributed by atoms with Gasteiger partial charge in [0.2, 0.25) is 0 Å². The summed E-state index contributed by atoms with van der Waals surface area (Å²) in [6, 6.07) is 9.61. The van der Waals surface area contributed by atoms with Crippen LogP contribution < -0.4 is 0 Å². The summed E-state index contributed by atoms with van der Waals surface area (Å²) in [4.78, 5) is 4.23. The van der Waals surface area contributed by atoms with Gasteiger partial charge in [-0.25, -0.2) is 9.67 Å². The van der Waals surface area contributed by atoms with Crippen LogP contribution in [0.15, 0.2) is 30.3 Å². The molecule has 0 fully saturated rings. The molecule has 0 saturated carbocycles. The molecule has 0 aliphatic rings. The van der Waals surface area contributed by atoms with Crippen molar-refractivity contribution in [1.29, 1.82) is 0 Å². The molecule has 1 heterocycles. The quantitative estimate of drug-likeness (QED) is 0.876. The van der Waals surface area contributed by atoms with E-state index in [-0.39, 0.29) is 0 Å². The van der Waals surface area contributed by atoms with Crippen molar-refractivity contribution in [2.75, 3.05) is 0 Å². The molecule has 90 valence electrons. The third-order valence-corrected chi connectivity index (χ3v) is 2.82. The van der Waals surface area contributed by atoms with Crippen molar-refractivity contribution in [3.63, 3.8) is 0 Å². The fourth-order valence-corrected chi connectivity index (χ4v) is 1.89. The smallest absolute Gasteiger partial charge is 0.147 e. The molecule has 2 aromatic rings. The van der Waals surface area contributed by atoms with E-state index in [9.17, 15) is 5.11 Å².